The minimum absolute atomic E-state index is 0.149. The molecule has 0 atom stereocenters. The first-order valence-corrected chi connectivity index (χ1v) is 9.56. The lowest BCUT2D eigenvalue weighted by Crippen LogP contribution is -2.21. The first-order valence-electron chi connectivity index (χ1n) is 7.67. The molecule has 0 saturated carbocycles. The Balaban J connectivity index is 1.90. The Morgan fingerprint density at radius 1 is 1.32 bits per heavy atom. The van der Waals surface area contributed by atoms with Gasteiger partial charge in [-0.1, -0.05) is 31.1 Å². The SMILES string of the molecule is CC(C)c1cc(NC(=O)Cn2c(S(C)(=O)=O)nc3ccccc32)on1. The molecular formula is C16H18N4O4S. The van der Waals surface area contributed by atoms with Crippen LogP contribution in [0.4, 0.5) is 5.88 Å². The summed E-state index contributed by atoms with van der Waals surface area (Å²) in [6.45, 7) is 3.71. The minimum atomic E-state index is -3.58. The molecule has 0 fully saturated rings. The van der Waals surface area contributed by atoms with Crippen LogP contribution >= 0.6 is 0 Å². The number of hydrogen-bond acceptors (Lipinski definition) is 6. The number of anilines is 1. The van der Waals surface area contributed by atoms with Gasteiger partial charge in [0, 0.05) is 12.3 Å². The average Bonchev–Trinajstić information content (AvgIpc) is 3.12. The van der Waals surface area contributed by atoms with E-state index in [4.69, 9.17) is 4.52 Å². The highest BCUT2D eigenvalue weighted by atomic mass is 32.2. The third kappa shape index (κ3) is 3.55. The molecule has 0 aliphatic heterocycles. The van der Waals surface area contributed by atoms with Crippen molar-refractivity contribution in [2.24, 2.45) is 0 Å². The molecular weight excluding hydrogens is 344 g/mol. The van der Waals surface area contributed by atoms with Gasteiger partial charge >= 0.3 is 0 Å². The minimum Gasteiger partial charge on any atom is -0.338 e. The molecule has 2 heterocycles. The van der Waals surface area contributed by atoms with Gasteiger partial charge in [-0.05, 0) is 18.1 Å². The van der Waals surface area contributed by atoms with Crippen LogP contribution in [0.1, 0.15) is 25.5 Å². The molecule has 3 aromatic rings. The summed E-state index contributed by atoms with van der Waals surface area (Å²) in [4.78, 5) is 16.5. The fourth-order valence-electron chi connectivity index (χ4n) is 2.43. The maximum absolute atomic E-state index is 12.3. The molecule has 0 bridgehead atoms. The number of rotatable bonds is 5. The van der Waals surface area contributed by atoms with Gasteiger partial charge in [0.15, 0.2) is 0 Å². The standard InChI is InChI=1S/C16H18N4O4S/c1-10(2)12-8-15(24-19-12)18-14(21)9-20-13-7-5-4-6-11(13)17-16(20)25(3,22)23/h4-8,10H,9H2,1-3H3,(H,18,21). The van der Waals surface area contributed by atoms with E-state index in [-0.39, 0.29) is 23.5 Å². The number of aromatic nitrogens is 3. The van der Waals surface area contributed by atoms with Crippen molar-refractivity contribution < 1.29 is 17.7 Å². The van der Waals surface area contributed by atoms with Crippen LogP contribution in [0.25, 0.3) is 11.0 Å². The van der Waals surface area contributed by atoms with Crippen molar-refractivity contribution in [3.8, 4) is 0 Å². The van der Waals surface area contributed by atoms with E-state index in [1.54, 1.807) is 30.3 Å². The predicted octanol–water partition coefficient (Wildman–Crippen LogP) is 2.19. The fourth-order valence-corrected chi connectivity index (χ4v) is 3.26. The van der Waals surface area contributed by atoms with Crippen LogP contribution in [0.2, 0.25) is 0 Å². The summed E-state index contributed by atoms with van der Waals surface area (Å²) in [7, 11) is -3.58. The molecule has 1 N–H and O–H groups in total. The molecule has 2 aromatic heterocycles. The normalized spacial score (nSPS) is 12.0. The Kier molecular flexibility index (Phi) is 4.34. The number of sulfone groups is 1. The van der Waals surface area contributed by atoms with Crippen LogP contribution in [-0.4, -0.2) is 35.3 Å². The van der Waals surface area contributed by atoms with Crippen LogP contribution in [0.5, 0.6) is 0 Å². The largest absolute Gasteiger partial charge is 0.338 e. The third-order valence-corrected chi connectivity index (χ3v) is 4.61. The highest BCUT2D eigenvalue weighted by Crippen LogP contribution is 2.21. The number of imidazole rings is 1. The Hall–Kier alpha value is -2.68. The number of nitrogens with zero attached hydrogens (tertiary/aromatic N) is 3. The maximum atomic E-state index is 12.3. The van der Waals surface area contributed by atoms with Crippen molar-refractivity contribution in [3.05, 3.63) is 36.0 Å². The predicted molar refractivity (Wildman–Crippen MR) is 92.1 cm³/mol. The summed E-state index contributed by atoms with van der Waals surface area (Å²) in [5.74, 6) is -0.0395. The lowest BCUT2D eigenvalue weighted by Gasteiger charge is -2.07. The van der Waals surface area contributed by atoms with Crippen molar-refractivity contribution in [2.75, 3.05) is 11.6 Å². The van der Waals surface area contributed by atoms with Gasteiger partial charge in [-0.25, -0.2) is 13.4 Å². The second kappa shape index (κ2) is 6.32. The summed E-state index contributed by atoms with van der Waals surface area (Å²) in [6.07, 6.45) is 1.06. The summed E-state index contributed by atoms with van der Waals surface area (Å²) >= 11 is 0. The van der Waals surface area contributed by atoms with E-state index in [1.807, 2.05) is 13.8 Å². The lowest BCUT2D eigenvalue weighted by atomic mass is 10.1. The highest BCUT2D eigenvalue weighted by Gasteiger charge is 2.21. The van der Waals surface area contributed by atoms with E-state index < -0.39 is 15.7 Å². The van der Waals surface area contributed by atoms with E-state index in [0.717, 1.165) is 11.9 Å². The van der Waals surface area contributed by atoms with E-state index in [1.165, 1.54) is 4.57 Å². The molecule has 0 spiro atoms. The van der Waals surface area contributed by atoms with Gasteiger partial charge < -0.3 is 9.09 Å². The first kappa shape index (κ1) is 17.2. The number of carbonyl (C=O) groups excluding carboxylic acids is 1. The van der Waals surface area contributed by atoms with Gasteiger partial charge in [0.1, 0.15) is 6.54 Å². The molecule has 25 heavy (non-hydrogen) atoms. The van der Waals surface area contributed by atoms with Crippen molar-refractivity contribution >= 4 is 32.7 Å². The van der Waals surface area contributed by atoms with Crippen LogP contribution in [0.3, 0.4) is 0 Å². The van der Waals surface area contributed by atoms with Crippen molar-refractivity contribution in [1.29, 1.82) is 0 Å². The van der Waals surface area contributed by atoms with Crippen LogP contribution in [-0.2, 0) is 21.2 Å². The topological polar surface area (TPSA) is 107 Å². The monoisotopic (exact) mass is 362 g/mol. The van der Waals surface area contributed by atoms with E-state index in [2.05, 4.69) is 15.5 Å². The maximum Gasteiger partial charge on any atom is 0.246 e. The first-order chi connectivity index (χ1) is 11.8. The third-order valence-electron chi connectivity index (χ3n) is 3.64. The number of fused-ring (bicyclic) bond motifs is 1. The second-order valence-electron chi connectivity index (χ2n) is 6.06. The summed E-state index contributed by atoms with van der Waals surface area (Å²) in [5.41, 5.74) is 1.80. The molecule has 0 saturated heterocycles. The molecule has 8 nitrogen and oxygen atoms in total. The molecule has 0 unspecified atom stereocenters. The van der Waals surface area contributed by atoms with Crippen molar-refractivity contribution in [3.63, 3.8) is 0 Å². The number of benzene rings is 1. The molecule has 3 rings (SSSR count). The smallest absolute Gasteiger partial charge is 0.246 e. The number of amides is 1. The van der Waals surface area contributed by atoms with E-state index >= 15 is 0 Å². The van der Waals surface area contributed by atoms with Crippen molar-refractivity contribution in [2.45, 2.75) is 31.5 Å². The molecule has 0 aliphatic rings. The molecule has 0 radical (unpaired) electrons. The average molecular weight is 362 g/mol. The van der Waals surface area contributed by atoms with Gasteiger partial charge in [0.05, 0.1) is 16.7 Å². The Morgan fingerprint density at radius 2 is 2.04 bits per heavy atom. The van der Waals surface area contributed by atoms with Gasteiger partial charge in [-0.15, -0.1) is 0 Å². The lowest BCUT2D eigenvalue weighted by molar-refractivity contribution is -0.116. The number of carbonyl (C=O) groups is 1. The summed E-state index contributed by atoms with van der Waals surface area (Å²) in [6, 6.07) is 8.58. The zero-order chi connectivity index (χ0) is 18.2. The Bertz CT molecular complexity index is 1030. The molecule has 1 aromatic carbocycles. The van der Waals surface area contributed by atoms with E-state index in [9.17, 15) is 13.2 Å². The van der Waals surface area contributed by atoms with Crippen molar-refractivity contribution in [1.82, 2.24) is 14.7 Å². The van der Waals surface area contributed by atoms with Gasteiger partial charge in [0.25, 0.3) is 0 Å². The number of para-hydroxylation sites is 2. The Labute approximate surface area is 144 Å². The van der Waals surface area contributed by atoms with E-state index in [0.29, 0.717) is 11.0 Å². The van der Waals surface area contributed by atoms with Gasteiger partial charge in [0.2, 0.25) is 26.8 Å². The van der Waals surface area contributed by atoms with Crippen LogP contribution in [0.15, 0.2) is 40.0 Å². The molecule has 9 heteroatoms. The molecule has 0 aliphatic carbocycles. The van der Waals surface area contributed by atoms with Gasteiger partial charge in [-0.3, -0.25) is 10.1 Å². The second-order valence-corrected chi connectivity index (χ2v) is 7.97. The van der Waals surface area contributed by atoms with Gasteiger partial charge in [-0.2, -0.15) is 0 Å². The number of nitrogens with one attached hydrogen (secondary N) is 1. The zero-order valence-corrected chi connectivity index (χ0v) is 14.9. The zero-order valence-electron chi connectivity index (χ0n) is 14.1. The quantitative estimate of drug-likeness (QED) is 0.745. The summed E-state index contributed by atoms with van der Waals surface area (Å²) in [5, 5.41) is 6.31. The molecule has 1 amide bonds. The van der Waals surface area contributed by atoms with Crippen LogP contribution < -0.4 is 5.32 Å². The fraction of sp³-hybridized carbons (Fsp3) is 0.312. The Morgan fingerprint density at radius 3 is 2.68 bits per heavy atom. The molecule has 132 valence electrons. The van der Waals surface area contributed by atoms with Crippen LogP contribution in [0, 0.1) is 0 Å². The number of hydrogen-bond donors (Lipinski definition) is 1. The highest BCUT2D eigenvalue weighted by molar-refractivity contribution is 7.90. The summed E-state index contributed by atoms with van der Waals surface area (Å²) < 4.78 is 30.4.